The van der Waals surface area contributed by atoms with Gasteiger partial charge in [0.15, 0.2) is 0 Å². The van der Waals surface area contributed by atoms with Crippen molar-refractivity contribution in [2.75, 3.05) is 5.32 Å². The lowest BCUT2D eigenvalue weighted by Crippen LogP contribution is -2.30. The average molecular weight is 196 g/mol. The van der Waals surface area contributed by atoms with E-state index in [1.165, 1.54) is 30.0 Å². The predicted molar refractivity (Wildman–Crippen MR) is 62.6 cm³/mol. The van der Waals surface area contributed by atoms with Crippen molar-refractivity contribution in [3.8, 4) is 0 Å². The molecule has 0 amide bonds. The van der Waals surface area contributed by atoms with Gasteiger partial charge in [-0.25, -0.2) is 0 Å². The summed E-state index contributed by atoms with van der Waals surface area (Å²) in [6, 6.07) is 9.09. The van der Waals surface area contributed by atoms with Crippen molar-refractivity contribution in [2.45, 2.75) is 18.9 Å². The van der Waals surface area contributed by atoms with Crippen LogP contribution in [0.1, 0.15) is 12.0 Å². The molecule has 1 heteroatoms. The molecule has 2 aliphatic rings. The summed E-state index contributed by atoms with van der Waals surface area (Å²) in [7, 11) is 0. The van der Waals surface area contributed by atoms with Crippen LogP contribution in [0.3, 0.4) is 0 Å². The lowest BCUT2D eigenvalue weighted by molar-refractivity contribution is 0.668. The molecule has 5 radical (unpaired) electrons. The van der Waals surface area contributed by atoms with E-state index in [9.17, 15) is 0 Å². The first-order valence-corrected chi connectivity index (χ1v) is 5.49. The molecule has 0 spiro atoms. The highest BCUT2D eigenvalue weighted by Gasteiger charge is 2.28. The van der Waals surface area contributed by atoms with E-state index < -0.39 is 0 Å². The van der Waals surface area contributed by atoms with Crippen LogP contribution < -0.4 is 5.32 Å². The van der Waals surface area contributed by atoms with E-state index in [1.54, 1.807) is 0 Å². The number of benzene rings is 1. The maximum atomic E-state index is 3.60. The van der Waals surface area contributed by atoms with Crippen molar-refractivity contribution in [1.29, 1.82) is 0 Å². The van der Waals surface area contributed by atoms with Crippen molar-refractivity contribution < 1.29 is 0 Å². The van der Waals surface area contributed by atoms with E-state index >= 15 is 0 Å². The Morgan fingerprint density at radius 3 is 2.73 bits per heavy atom. The zero-order chi connectivity index (χ0) is 10.1. The Morgan fingerprint density at radius 1 is 1.07 bits per heavy atom. The molecule has 1 unspecified atom stereocenters. The number of nitrogens with one attached hydrogen (secondary N) is 1. The Kier molecular flexibility index (Phi) is 2.40. The minimum atomic E-state index is 0.495. The largest absolute Gasteiger partial charge is 0.381 e. The topological polar surface area (TPSA) is 12.0 Å². The molecule has 0 saturated heterocycles. The number of rotatable bonds is 1. The highest BCUT2D eigenvalue weighted by Crippen LogP contribution is 2.34. The molecule has 0 bridgehead atoms. The summed E-state index contributed by atoms with van der Waals surface area (Å²) in [5, 5.41) is 3.60. The molecular formula is C14H14N. The third kappa shape index (κ3) is 1.75. The fourth-order valence-corrected chi connectivity index (χ4v) is 2.31. The number of hydrogen-bond acceptors (Lipinski definition) is 1. The zero-order valence-corrected chi connectivity index (χ0v) is 8.61. The first kappa shape index (κ1) is 9.26. The minimum absolute atomic E-state index is 0.495. The summed E-state index contributed by atoms with van der Waals surface area (Å²) in [5.74, 6) is 1.41. The van der Waals surface area contributed by atoms with Gasteiger partial charge in [0.2, 0.25) is 0 Å². The van der Waals surface area contributed by atoms with Crippen molar-refractivity contribution in [2.24, 2.45) is 0 Å². The maximum Gasteiger partial charge on any atom is 0.0375 e. The van der Waals surface area contributed by atoms with Crippen molar-refractivity contribution in [3.63, 3.8) is 0 Å². The van der Waals surface area contributed by atoms with Gasteiger partial charge in [-0.3, -0.25) is 0 Å². The molecule has 1 aliphatic carbocycles. The van der Waals surface area contributed by atoms with Gasteiger partial charge in [-0.05, 0) is 50.2 Å². The first-order chi connectivity index (χ1) is 7.43. The summed E-state index contributed by atoms with van der Waals surface area (Å²) >= 11 is 0. The number of para-hydroxylation sites is 1. The molecular weight excluding hydrogens is 182 g/mol. The summed E-state index contributed by atoms with van der Waals surface area (Å²) in [4.78, 5) is 0. The molecule has 1 N–H and O–H groups in total. The lowest BCUT2D eigenvalue weighted by atomic mass is 9.88. The fourth-order valence-electron chi connectivity index (χ4n) is 2.31. The fraction of sp³-hybridized carbons (Fsp3) is 0.214. The predicted octanol–water partition coefficient (Wildman–Crippen LogP) is 2.82. The van der Waals surface area contributed by atoms with Gasteiger partial charge in [-0.15, -0.1) is 0 Å². The minimum Gasteiger partial charge on any atom is -0.381 e. The van der Waals surface area contributed by atoms with Crippen molar-refractivity contribution >= 4 is 5.69 Å². The van der Waals surface area contributed by atoms with Gasteiger partial charge in [-0.2, -0.15) is 0 Å². The van der Waals surface area contributed by atoms with Crippen LogP contribution in [0.2, 0.25) is 0 Å². The number of hydrogen-bond donors (Lipinski definition) is 1. The summed E-state index contributed by atoms with van der Waals surface area (Å²) in [6.45, 7) is 0. The second kappa shape index (κ2) is 3.88. The Hall–Kier alpha value is -0.980. The van der Waals surface area contributed by atoms with Crippen LogP contribution in [0.4, 0.5) is 5.69 Å². The SMILES string of the molecule is [CH]1[CH][CH][C](C2CCc3ccccc3N2)[CH]1. The number of anilines is 1. The average Bonchev–Trinajstić information content (AvgIpc) is 2.82. The molecule has 1 fully saturated rings. The van der Waals surface area contributed by atoms with Gasteiger partial charge in [0, 0.05) is 17.6 Å². The van der Waals surface area contributed by atoms with Crippen LogP contribution in [-0.4, -0.2) is 6.04 Å². The van der Waals surface area contributed by atoms with Gasteiger partial charge in [0.25, 0.3) is 0 Å². The zero-order valence-electron chi connectivity index (χ0n) is 8.61. The third-order valence-corrected chi connectivity index (χ3v) is 3.14. The summed E-state index contributed by atoms with van der Waals surface area (Å²) < 4.78 is 0. The van der Waals surface area contributed by atoms with Crippen LogP contribution in [0.5, 0.6) is 0 Å². The molecule has 75 valence electrons. The quantitative estimate of drug-likeness (QED) is 0.728. The number of fused-ring (bicyclic) bond motifs is 1. The maximum absolute atomic E-state index is 3.60. The summed E-state index contributed by atoms with van der Waals surface area (Å²) in [6.07, 6.45) is 11.0. The molecule has 1 aromatic carbocycles. The Morgan fingerprint density at radius 2 is 1.87 bits per heavy atom. The molecule has 1 heterocycles. The molecule has 3 rings (SSSR count). The molecule has 15 heavy (non-hydrogen) atoms. The van der Waals surface area contributed by atoms with Gasteiger partial charge in [-0.1, -0.05) is 18.2 Å². The van der Waals surface area contributed by atoms with E-state index in [4.69, 9.17) is 0 Å². The Balaban J connectivity index is 1.76. The van der Waals surface area contributed by atoms with Crippen LogP contribution in [0.25, 0.3) is 0 Å². The van der Waals surface area contributed by atoms with Crippen LogP contribution in [0, 0.1) is 31.6 Å². The lowest BCUT2D eigenvalue weighted by Gasteiger charge is -2.30. The van der Waals surface area contributed by atoms with Crippen LogP contribution in [-0.2, 0) is 6.42 Å². The van der Waals surface area contributed by atoms with Gasteiger partial charge < -0.3 is 5.32 Å². The van der Waals surface area contributed by atoms with E-state index in [-0.39, 0.29) is 0 Å². The Labute approximate surface area is 91.9 Å². The molecule has 0 aromatic heterocycles. The highest BCUT2D eigenvalue weighted by molar-refractivity contribution is 5.57. The molecule has 1 atom stereocenters. The summed E-state index contributed by atoms with van der Waals surface area (Å²) in [5.41, 5.74) is 2.75. The van der Waals surface area contributed by atoms with Gasteiger partial charge >= 0.3 is 0 Å². The third-order valence-electron chi connectivity index (χ3n) is 3.14. The number of aryl methyl sites for hydroxylation is 1. The normalized spacial score (nSPS) is 26.0. The first-order valence-electron chi connectivity index (χ1n) is 5.49. The van der Waals surface area contributed by atoms with E-state index in [0.717, 1.165) is 0 Å². The second-order valence-electron chi connectivity index (χ2n) is 4.11. The monoisotopic (exact) mass is 196 g/mol. The van der Waals surface area contributed by atoms with E-state index in [0.29, 0.717) is 6.04 Å². The standard InChI is InChI=1S/C14H14N/c1-2-6-11(5-1)14-10-9-12-7-3-4-8-13(12)15-14/h1-8,14-15H,9-10H2. The van der Waals surface area contributed by atoms with Crippen molar-refractivity contribution in [1.82, 2.24) is 0 Å². The smallest absolute Gasteiger partial charge is 0.0375 e. The molecule has 1 aliphatic heterocycles. The molecule has 1 aromatic rings. The van der Waals surface area contributed by atoms with Crippen LogP contribution >= 0.6 is 0 Å². The second-order valence-corrected chi connectivity index (χ2v) is 4.11. The van der Waals surface area contributed by atoms with Gasteiger partial charge in [0.1, 0.15) is 0 Å². The molecule has 1 saturated carbocycles. The van der Waals surface area contributed by atoms with Crippen molar-refractivity contribution in [3.05, 3.63) is 61.4 Å². The van der Waals surface area contributed by atoms with Crippen LogP contribution in [0.15, 0.2) is 24.3 Å². The molecule has 1 nitrogen and oxygen atoms in total. The van der Waals surface area contributed by atoms with E-state index in [1.807, 2.05) is 0 Å². The Bertz CT molecular complexity index is 339. The van der Waals surface area contributed by atoms with E-state index in [2.05, 4.69) is 55.3 Å². The van der Waals surface area contributed by atoms with Gasteiger partial charge in [0.05, 0.1) is 0 Å². The highest BCUT2D eigenvalue weighted by atomic mass is 14.9.